The van der Waals surface area contributed by atoms with Gasteiger partial charge in [-0.15, -0.1) is 22.7 Å². The van der Waals surface area contributed by atoms with Crippen LogP contribution in [0.25, 0.3) is 10.6 Å². The van der Waals surface area contributed by atoms with Crippen LogP contribution in [0.4, 0.5) is 5.13 Å². The monoisotopic (exact) mass is 351 g/mol. The molecule has 1 aliphatic rings. The Balaban J connectivity index is 1.62. The first-order chi connectivity index (χ1) is 11.1. The number of ether oxygens (including phenoxy) is 1. The standard InChI is InChI=1S/C15H17N3O3S2/c1-9(19)16-6-11-2-3-13(23-11)12-8-22-15(17-12)18-14(20)10-4-5-21-7-10/h2-3,8,10H,4-7H2,1H3,(H,16,19)(H,17,18,20). The van der Waals surface area contributed by atoms with Crippen molar-refractivity contribution in [3.05, 3.63) is 22.4 Å². The van der Waals surface area contributed by atoms with Gasteiger partial charge in [0.25, 0.3) is 0 Å². The molecule has 6 nitrogen and oxygen atoms in total. The maximum atomic E-state index is 12.1. The Labute approximate surface area is 141 Å². The molecule has 23 heavy (non-hydrogen) atoms. The summed E-state index contributed by atoms with van der Waals surface area (Å²) in [6, 6.07) is 3.96. The van der Waals surface area contributed by atoms with Gasteiger partial charge >= 0.3 is 0 Å². The molecular weight excluding hydrogens is 334 g/mol. The summed E-state index contributed by atoms with van der Waals surface area (Å²) in [6.07, 6.45) is 0.765. The van der Waals surface area contributed by atoms with Gasteiger partial charge in [0, 0.05) is 23.8 Å². The van der Waals surface area contributed by atoms with Gasteiger partial charge in [0.1, 0.15) is 0 Å². The van der Waals surface area contributed by atoms with Crippen molar-refractivity contribution < 1.29 is 14.3 Å². The molecule has 2 amide bonds. The second-order valence-electron chi connectivity index (χ2n) is 5.26. The number of thiazole rings is 1. The number of carbonyl (C=O) groups is 2. The van der Waals surface area contributed by atoms with Crippen molar-refractivity contribution >= 4 is 39.6 Å². The molecule has 2 aromatic heterocycles. The molecule has 1 atom stereocenters. The number of anilines is 1. The van der Waals surface area contributed by atoms with Crippen molar-refractivity contribution in [1.82, 2.24) is 10.3 Å². The molecular formula is C15H17N3O3S2. The van der Waals surface area contributed by atoms with E-state index in [0.717, 1.165) is 21.9 Å². The van der Waals surface area contributed by atoms with E-state index in [4.69, 9.17) is 4.74 Å². The summed E-state index contributed by atoms with van der Waals surface area (Å²) in [5, 5.41) is 8.16. The molecule has 1 saturated heterocycles. The van der Waals surface area contributed by atoms with Gasteiger partial charge in [-0.3, -0.25) is 9.59 Å². The number of rotatable bonds is 5. The quantitative estimate of drug-likeness (QED) is 0.867. The zero-order chi connectivity index (χ0) is 16.2. The highest BCUT2D eigenvalue weighted by atomic mass is 32.1. The number of carbonyl (C=O) groups excluding carboxylic acids is 2. The molecule has 0 saturated carbocycles. The molecule has 8 heteroatoms. The topological polar surface area (TPSA) is 80.3 Å². The minimum absolute atomic E-state index is 0.0269. The van der Waals surface area contributed by atoms with Gasteiger partial charge < -0.3 is 15.4 Å². The number of hydrogen-bond donors (Lipinski definition) is 2. The fourth-order valence-corrected chi connectivity index (χ4v) is 3.91. The number of thiophene rings is 1. The van der Waals surface area contributed by atoms with Gasteiger partial charge in [-0.05, 0) is 18.6 Å². The smallest absolute Gasteiger partial charge is 0.231 e. The predicted octanol–water partition coefficient (Wildman–Crippen LogP) is 2.48. The molecule has 0 aromatic carbocycles. The molecule has 3 rings (SSSR count). The Kier molecular flexibility index (Phi) is 5.04. The summed E-state index contributed by atoms with van der Waals surface area (Å²) >= 11 is 2.99. The summed E-state index contributed by atoms with van der Waals surface area (Å²) in [7, 11) is 0. The molecule has 122 valence electrons. The number of amides is 2. The third kappa shape index (κ3) is 4.15. The molecule has 2 N–H and O–H groups in total. The lowest BCUT2D eigenvalue weighted by Crippen LogP contribution is -2.22. The van der Waals surface area contributed by atoms with Crippen molar-refractivity contribution in [2.75, 3.05) is 18.5 Å². The van der Waals surface area contributed by atoms with E-state index < -0.39 is 0 Å². The van der Waals surface area contributed by atoms with Gasteiger partial charge in [0.2, 0.25) is 11.8 Å². The SMILES string of the molecule is CC(=O)NCc1ccc(-c2csc(NC(=O)C3CCOC3)n2)s1. The van der Waals surface area contributed by atoms with E-state index in [0.29, 0.717) is 24.9 Å². The van der Waals surface area contributed by atoms with E-state index in [1.165, 1.54) is 18.3 Å². The van der Waals surface area contributed by atoms with Crippen molar-refractivity contribution in [1.29, 1.82) is 0 Å². The Morgan fingerprint density at radius 3 is 3.04 bits per heavy atom. The largest absolute Gasteiger partial charge is 0.381 e. The molecule has 0 aliphatic carbocycles. The highest BCUT2D eigenvalue weighted by Gasteiger charge is 2.24. The van der Waals surface area contributed by atoms with Gasteiger partial charge in [-0.1, -0.05) is 0 Å². The van der Waals surface area contributed by atoms with Crippen molar-refractivity contribution in [3.8, 4) is 10.6 Å². The van der Waals surface area contributed by atoms with Gasteiger partial charge in [0.15, 0.2) is 5.13 Å². The van der Waals surface area contributed by atoms with Crippen LogP contribution in [-0.4, -0.2) is 30.0 Å². The summed E-state index contributed by atoms with van der Waals surface area (Å²) in [4.78, 5) is 29.5. The highest BCUT2D eigenvalue weighted by molar-refractivity contribution is 7.17. The summed E-state index contributed by atoms with van der Waals surface area (Å²) in [5.74, 6) is -0.149. The molecule has 2 aromatic rings. The van der Waals surface area contributed by atoms with Crippen LogP contribution in [0.5, 0.6) is 0 Å². The van der Waals surface area contributed by atoms with E-state index in [9.17, 15) is 9.59 Å². The lowest BCUT2D eigenvalue weighted by molar-refractivity contribution is -0.120. The molecule has 1 aliphatic heterocycles. The van der Waals surface area contributed by atoms with Crippen LogP contribution < -0.4 is 10.6 Å². The lowest BCUT2D eigenvalue weighted by Gasteiger charge is -2.05. The minimum atomic E-state index is -0.0756. The normalized spacial score (nSPS) is 17.2. The van der Waals surface area contributed by atoms with Crippen molar-refractivity contribution in [2.24, 2.45) is 5.92 Å². The van der Waals surface area contributed by atoms with Crippen molar-refractivity contribution in [2.45, 2.75) is 19.9 Å². The van der Waals surface area contributed by atoms with Gasteiger partial charge in [0.05, 0.1) is 29.6 Å². The first-order valence-corrected chi connectivity index (χ1v) is 8.99. The maximum absolute atomic E-state index is 12.1. The van der Waals surface area contributed by atoms with Crippen LogP contribution in [0, 0.1) is 5.92 Å². The second kappa shape index (κ2) is 7.20. The molecule has 0 radical (unpaired) electrons. The number of nitrogens with one attached hydrogen (secondary N) is 2. The summed E-state index contributed by atoms with van der Waals surface area (Å²) in [5.41, 5.74) is 0.840. The molecule has 1 fully saturated rings. The van der Waals surface area contributed by atoms with Crippen LogP contribution in [0.15, 0.2) is 17.5 Å². The third-order valence-corrected chi connectivity index (χ3v) is 5.33. The van der Waals surface area contributed by atoms with Crippen LogP contribution in [0.3, 0.4) is 0 Å². The molecule has 0 spiro atoms. The number of hydrogen-bond acceptors (Lipinski definition) is 6. The Morgan fingerprint density at radius 1 is 1.43 bits per heavy atom. The van der Waals surface area contributed by atoms with Crippen LogP contribution >= 0.6 is 22.7 Å². The Hall–Kier alpha value is -1.77. The van der Waals surface area contributed by atoms with Crippen molar-refractivity contribution in [3.63, 3.8) is 0 Å². The zero-order valence-electron chi connectivity index (χ0n) is 12.6. The van der Waals surface area contributed by atoms with E-state index in [1.54, 1.807) is 11.3 Å². The Morgan fingerprint density at radius 2 is 2.30 bits per heavy atom. The third-order valence-electron chi connectivity index (χ3n) is 3.46. The fraction of sp³-hybridized carbons (Fsp3) is 0.400. The van der Waals surface area contributed by atoms with E-state index in [1.807, 2.05) is 17.5 Å². The van der Waals surface area contributed by atoms with Gasteiger partial charge in [-0.25, -0.2) is 4.98 Å². The van der Waals surface area contributed by atoms with Crippen LogP contribution in [-0.2, 0) is 20.9 Å². The van der Waals surface area contributed by atoms with E-state index in [-0.39, 0.29) is 17.7 Å². The van der Waals surface area contributed by atoms with Crippen LogP contribution in [0.1, 0.15) is 18.2 Å². The maximum Gasteiger partial charge on any atom is 0.231 e. The second-order valence-corrected chi connectivity index (χ2v) is 7.29. The van der Waals surface area contributed by atoms with Crippen LogP contribution in [0.2, 0.25) is 0 Å². The minimum Gasteiger partial charge on any atom is -0.381 e. The first-order valence-electron chi connectivity index (χ1n) is 7.29. The fourth-order valence-electron chi connectivity index (χ4n) is 2.22. The molecule has 1 unspecified atom stereocenters. The molecule has 0 bridgehead atoms. The average molecular weight is 351 g/mol. The summed E-state index contributed by atoms with van der Waals surface area (Å²) < 4.78 is 5.23. The molecule has 3 heterocycles. The number of aromatic nitrogens is 1. The lowest BCUT2D eigenvalue weighted by atomic mass is 10.1. The average Bonchev–Trinajstić information content (AvgIpc) is 3.25. The number of nitrogens with zero attached hydrogens (tertiary/aromatic N) is 1. The van der Waals surface area contributed by atoms with E-state index in [2.05, 4.69) is 15.6 Å². The zero-order valence-corrected chi connectivity index (χ0v) is 14.3. The Bertz CT molecular complexity index is 704. The predicted molar refractivity (Wildman–Crippen MR) is 90.5 cm³/mol. The first kappa shape index (κ1) is 16.1. The van der Waals surface area contributed by atoms with E-state index >= 15 is 0 Å². The summed E-state index contributed by atoms with van der Waals surface area (Å²) in [6.45, 7) is 3.16. The van der Waals surface area contributed by atoms with Gasteiger partial charge in [-0.2, -0.15) is 0 Å². The highest BCUT2D eigenvalue weighted by Crippen LogP contribution is 2.31.